The fraction of sp³-hybridized carbons (Fsp3) is 0.200. The quantitative estimate of drug-likeness (QED) is 0.364. The Morgan fingerprint density at radius 2 is 1.97 bits per heavy atom. The number of thiazole rings is 1. The summed E-state index contributed by atoms with van der Waals surface area (Å²) in [4.78, 5) is 29.9. The van der Waals surface area contributed by atoms with E-state index in [0.717, 1.165) is 22.6 Å². The van der Waals surface area contributed by atoms with Gasteiger partial charge in [-0.05, 0) is 62.7 Å². The van der Waals surface area contributed by atoms with Gasteiger partial charge in [0.15, 0.2) is 6.61 Å². The summed E-state index contributed by atoms with van der Waals surface area (Å²) in [5.41, 5.74) is 2.99. The first-order valence-electron chi connectivity index (χ1n) is 10.6. The van der Waals surface area contributed by atoms with Gasteiger partial charge in [-0.3, -0.25) is 4.79 Å². The molecule has 178 valence electrons. The highest BCUT2D eigenvalue weighted by molar-refractivity contribution is 7.17. The molecule has 3 aromatic heterocycles. The minimum atomic E-state index is -0.692. The van der Waals surface area contributed by atoms with Crippen molar-refractivity contribution in [1.29, 1.82) is 5.26 Å². The van der Waals surface area contributed by atoms with E-state index in [0.29, 0.717) is 40.0 Å². The number of nitriles is 1. The Balaban J connectivity index is 1.46. The maximum absolute atomic E-state index is 13.2. The van der Waals surface area contributed by atoms with Crippen molar-refractivity contribution < 1.29 is 23.1 Å². The molecule has 4 aromatic rings. The summed E-state index contributed by atoms with van der Waals surface area (Å²) in [5.74, 6) is -0.677. The Labute approximate surface area is 204 Å². The molecule has 4 rings (SSSR count). The van der Waals surface area contributed by atoms with E-state index in [1.54, 1.807) is 48.9 Å². The summed E-state index contributed by atoms with van der Waals surface area (Å²) in [6.07, 6.45) is 1.55. The van der Waals surface area contributed by atoms with Crippen molar-refractivity contribution in [3.63, 3.8) is 0 Å². The molecule has 0 saturated heterocycles. The molecule has 0 aliphatic heterocycles. The monoisotopic (exact) mass is 492 g/mol. The number of hydrogen-bond acceptors (Lipinski definition) is 7. The van der Waals surface area contributed by atoms with Crippen molar-refractivity contribution in [2.45, 2.75) is 27.3 Å². The van der Waals surface area contributed by atoms with E-state index in [1.807, 2.05) is 6.92 Å². The Morgan fingerprint density at radius 1 is 1.23 bits per heavy atom. The lowest BCUT2D eigenvalue weighted by Gasteiger charge is -2.12. The maximum atomic E-state index is 13.2. The first-order chi connectivity index (χ1) is 16.8. The molecule has 1 aromatic carbocycles. The van der Waals surface area contributed by atoms with Crippen LogP contribution in [0.5, 0.6) is 0 Å². The normalized spacial score (nSPS) is 10.7. The second kappa shape index (κ2) is 9.95. The van der Waals surface area contributed by atoms with Gasteiger partial charge in [-0.25, -0.2) is 14.2 Å². The fourth-order valence-corrected chi connectivity index (χ4v) is 4.52. The zero-order valence-corrected chi connectivity index (χ0v) is 20.0. The largest absolute Gasteiger partial charge is 0.467 e. The topological polar surface area (TPSA) is 110 Å². The number of hydrogen-bond donors (Lipinski definition) is 1. The number of nitrogens with one attached hydrogen (secondary N) is 1. The number of carbonyl (C=O) groups is 2. The number of rotatable bonds is 7. The molecule has 0 aliphatic carbocycles. The van der Waals surface area contributed by atoms with Gasteiger partial charge < -0.3 is 19.0 Å². The molecule has 3 heterocycles. The molecule has 0 bridgehead atoms. The van der Waals surface area contributed by atoms with Crippen molar-refractivity contribution in [3.05, 3.63) is 81.6 Å². The lowest BCUT2D eigenvalue weighted by atomic mass is 10.2. The van der Waals surface area contributed by atoms with Crippen LogP contribution in [-0.4, -0.2) is 28.0 Å². The zero-order chi connectivity index (χ0) is 25.1. The van der Waals surface area contributed by atoms with Crippen molar-refractivity contribution in [2.24, 2.45) is 0 Å². The summed E-state index contributed by atoms with van der Waals surface area (Å²) < 4.78 is 25.6. The average Bonchev–Trinajstić information content (AvgIpc) is 3.54. The number of furan rings is 1. The summed E-state index contributed by atoms with van der Waals surface area (Å²) >= 11 is 1.10. The highest BCUT2D eigenvalue weighted by Gasteiger charge is 2.22. The van der Waals surface area contributed by atoms with E-state index in [9.17, 15) is 19.2 Å². The minimum Gasteiger partial charge on any atom is -0.467 e. The molecule has 8 nitrogen and oxygen atoms in total. The standard InChI is InChI=1S/C25H21FN4O4S/c1-14-16(3)30(12-19-5-4-10-33-19)23(20(14)11-27)29-21(31)13-34-25(32)22-15(2)28-24(35-22)17-6-8-18(26)9-7-17/h4-10H,12-13H2,1-3H3,(H,29,31). The molecule has 0 radical (unpaired) electrons. The van der Waals surface area contributed by atoms with Crippen LogP contribution in [0.2, 0.25) is 0 Å². The van der Waals surface area contributed by atoms with Crippen molar-refractivity contribution in [3.8, 4) is 16.6 Å². The zero-order valence-electron chi connectivity index (χ0n) is 19.2. The van der Waals surface area contributed by atoms with Crippen LogP contribution in [0.4, 0.5) is 10.2 Å². The summed E-state index contributed by atoms with van der Waals surface area (Å²) in [7, 11) is 0. The highest BCUT2D eigenvalue weighted by atomic mass is 32.1. The van der Waals surface area contributed by atoms with Gasteiger partial charge in [0.1, 0.15) is 33.3 Å². The molecule has 0 saturated carbocycles. The Kier molecular flexibility index (Phi) is 6.80. The van der Waals surface area contributed by atoms with Gasteiger partial charge in [0.25, 0.3) is 5.91 Å². The molecule has 1 N–H and O–H groups in total. The van der Waals surface area contributed by atoms with Gasteiger partial charge in [-0.1, -0.05) is 0 Å². The van der Waals surface area contributed by atoms with Crippen molar-refractivity contribution >= 4 is 29.0 Å². The van der Waals surface area contributed by atoms with Crippen LogP contribution in [0.25, 0.3) is 10.6 Å². The summed E-state index contributed by atoms with van der Waals surface area (Å²) in [6, 6.07) is 11.5. The first-order valence-corrected chi connectivity index (χ1v) is 11.4. The molecular formula is C25H21FN4O4S. The van der Waals surface area contributed by atoms with Crippen LogP contribution in [0.15, 0.2) is 47.1 Å². The second-order valence-corrected chi connectivity index (χ2v) is 8.78. The number of nitrogens with zero attached hydrogens (tertiary/aromatic N) is 3. The van der Waals surface area contributed by atoms with E-state index >= 15 is 0 Å². The van der Waals surface area contributed by atoms with Crippen molar-refractivity contribution in [2.75, 3.05) is 11.9 Å². The predicted molar refractivity (Wildman–Crippen MR) is 128 cm³/mol. The fourth-order valence-electron chi connectivity index (χ4n) is 3.55. The minimum absolute atomic E-state index is 0.253. The van der Waals surface area contributed by atoms with Crippen LogP contribution in [0.1, 0.15) is 37.9 Å². The number of ether oxygens (including phenoxy) is 1. The average molecular weight is 493 g/mol. The van der Waals surface area contributed by atoms with Gasteiger partial charge in [0.2, 0.25) is 0 Å². The molecule has 0 atom stereocenters. The van der Waals surface area contributed by atoms with Crippen LogP contribution >= 0.6 is 11.3 Å². The van der Waals surface area contributed by atoms with Crippen molar-refractivity contribution in [1.82, 2.24) is 9.55 Å². The molecule has 0 spiro atoms. The van der Waals surface area contributed by atoms with E-state index in [4.69, 9.17) is 9.15 Å². The van der Waals surface area contributed by atoms with Gasteiger partial charge in [0, 0.05) is 11.3 Å². The molecule has 10 heteroatoms. The van der Waals surface area contributed by atoms with Crippen LogP contribution in [0.3, 0.4) is 0 Å². The highest BCUT2D eigenvalue weighted by Crippen LogP contribution is 2.29. The predicted octanol–water partition coefficient (Wildman–Crippen LogP) is 4.98. The lowest BCUT2D eigenvalue weighted by molar-refractivity contribution is -0.119. The number of esters is 1. The van der Waals surface area contributed by atoms with Gasteiger partial charge in [0.05, 0.1) is 24.1 Å². The number of benzene rings is 1. The van der Waals surface area contributed by atoms with Gasteiger partial charge in [-0.15, -0.1) is 11.3 Å². The van der Waals surface area contributed by atoms with Gasteiger partial charge in [-0.2, -0.15) is 5.26 Å². The SMILES string of the molecule is Cc1nc(-c2ccc(F)cc2)sc1C(=O)OCC(=O)Nc1c(C#N)c(C)c(C)n1Cc1ccco1. The maximum Gasteiger partial charge on any atom is 0.350 e. The van der Waals surface area contributed by atoms with Crippen LogP contribution < -0.4 is 5.32 Å². The third-order valence-corrected chi connectivity index (χ3v) is 6.69. The molecule has 35 heavy (non-hydrogen) atoms. The molecule has 1 amide bonds. The second-order valence-electron chi connectivity index (χ2n) is 7.78. The number of aromatic nitrogens is 2. The Hall–Kier alpha value is -4.23. The van der Waals surface area contributed by atoms with Gasteiger partial charge >= 0.3 is 5.97 Å². The van der Waals surface area contributed by atoms with Crippen LogP contribution in [0, 0.1) is 37.9 Å². The van der Waals surface area contributed by atoms with E-state index in [1.165, 1.54) is 12.1 Å². The smallest absolute Gasteiger partial charge is 0.350 e. The summed E-state index contributed by atoms with van der Waals surface area (Å²) in [5, 5.41) is 12.9. The number of halogens is 1. The lowest BCUT2D eigenvalue weighted by Crippen LogP contribution is -2.23. The van der Waals surface area contributed by atoms with E-state index in [2.05, 4.69) is 16.4 Å². The first kappa shape index (κ1) is 23.9. The number of aryl methyl sites for hydroxylation is 1. The number of anilines is 1. The Morgan fingerprint density at radius 3 is 2.63 bits per heavy atom. The summed E-state index contributed by atoms with van der Waals surface area (Å²) in [6.45, 7) is 5.08. The third kappa shape index (κ3) is 5.00. The number of amides is 1. The Bertz CT molecular complexity index is 1430. The third-order valence-electron chi connectivity index (χ3n) is 5.50. The molecule has 0 unspecified atom stereocenters. The van der Waals surface area contributed by atoms with E-state index in [-0.39, 0.29) is 10.7 Å². The number of carbonyl (C=O) groups excluding carboxylic acids is 2. The van der Waals surface area contributed by atoms with E-state index < -0.39 is 18.5 Å². The molecular weight excluding hydrogens is 471 g/mol. The molecule has 0 aliphatic rings. The van der Waals surface area contributed by atoms with Crippen LogP contribution in [-0.2, 0) is 16.1 Å². The molecule has 0 fully saturated rings.